The van der Waals surface area contributed by atoms with Crippen LogP contribution in [-0.4, -0.2) is 10.5 Å². The van der Waals surface area contributed by atoms with Crippen LogP contribution in [0.1, 0.15) is 65.2 Å². The predicted octanol–water partition coefficient (Wildman–Crippen LogP) is 5.55. The summed E-state index contributed by atoms with van der Waals surface area (Å²) in [5.74, 6) is 2.81. The number of rotatable bonds is 0. The van der Waals surface area contributed by atoms with Crippen molar-refractivity contribution >= 4 is 25.3 Å². The molecule has 0 N–H and O–H groups in total. The topological polar surface area (TPSA) is 0 Å². The average Bonchev–Trinajstić information content (AvgIpc) is 2.76. The molecular weight excluding hydrogens is 292 g/mol. The SMILES string of the molecule is C[C@]12CC[C@H](S)CC1=CCC1C2CC[C@@]2(C)C1CC[C@@H]2S. The van der Waals surface area contributed by atoms with E-state index in [-0.39, 0.29) is 0 Å². The van der Waals surface area contributed by atoms with Gasteiger partial charge in [-0.25, -0.2) is 0 Å². The van der Waals surface area contributed by atoms with Gasteiger partial charge in [-0.05, 0) is 80.0 Å². The molecule has 21 heavy (non-hydrogen) atoms. The van der Waals surface area contributed by atoms with Crippen molar-refractivity contribution < 1.29 is 0 Å². The van der Waals surface area contributed by atoms with Gasteiger partial charge in [-0.2, -0.15) is 25.3 Å². The lowest BCUT2D eigenvalue weighted by atomic mass is 9.48. The first kappa shape index (κ1) is 15.0. The summed E-state index contributed by atoms with van der Waals surface area (Å²) in [5.41, 5.74) is 2.78. The monoisotopic (exact) mass is 322 g/mol. The highest BCUT2D eigenvalue weighted by atomic mass is 32.1. The molecule has 118 valence electrons. The average molecular weight is 323 g/mol. The van der Waals surface area contributed by atoms with E-state index >= 15 is 0 Å². The van der Waals surface area contributed by atoms with Gasteiger partial charge < -0.3 is 0 Å². The summed E-state index contributed by atoms with van der Waals surface area (Å²) in [7, 11) is 0. The minimum Gasteiger partial charge on any atom is -0.176 e. The molecule has 0 saturated heterocycles. The molecule has 0 aliphatic heterocycles. The van der Waals surface area contributed by atoms with Crippen LogP contribution in [-0.2, 0) is 0 Å². The van der Waals surface area contributed by atoms with Crippen molar-refractivity contribution in [3.63, 3.8) is 0 Å². The maximum atomic E-state index is 4.96. The number of thiol groups is 2. The maximum absolute atomic E-state index is 4.96. The Hall–Kier alpha value is 0.440. The zero-order valence-electron chi connectivity index (χ0n) is 13.5. The van der Waals surface area contributed by atoms with E-state index in [1.807, 2.05) is 0 Å². The van der Waals surface area contributed by atoms with Gasteiger partial charge in [-0.3, -0.25) is 0 Å². The maximum Gasteiger partial charge on any atom is 0.00735 e. The van der Waals surface area contributed by atoms with Crippen LogP contribution in [0.2, 0.25) is 0 Å². The second-order valence-corrected chi connectivity index (χ2v) is 10.1. The Kier molecular flexibility index (Phi) is 3.55. The molecule has 0 heterocycles. The lowest BCUT2D eigenvalue weighted by molar-refractivity contribution is -0.0225. The Morgan fingerprint density at radius 2 is 1.81 bits per heavy atom. The van der Waals surface area contributed by atoms with Gasteiger partial charge in [0.05, 0.1) is 0 Å². The third kappa shape index (κ3) is 2.04. The number of fused-ring (bicyclic) bond motifs is 5. The molecule has 0 amide bonds. The fourth-order valence-corrected chi connectivity index (χ4v) is 7.41. The molecule has 0 bridgehead atoms. The summed E-state index contributed by atoms with van der Waals surface area (Å²) in [5, 5.41) is 1.26. The molecule has 2 heteroatoms. The van der Waals surface area contributed by atoms with E-state index in [0.717, 1.165) is 17.8 Å². The number of allylic oxidation sites excluding steroid dienone is 2. The van der Waals surface area contributed by atoms with Crippen molar-refractivity contribution in [1.29, 1.82) is 0 Å². The van der Waals surface area contributed by atoms with Crippen LogP contribution in [0.3, 0.4) is 0 Å². The van der Waals surface area contributed by atoms with E-state index in [2.05, 4.69) is 19.9 Å². The molecule has 3 fully saturated rings. The van der Waals surface area contributed by atoms with E-state index in [4.69, 9.17) is 25.3 Å². The van der Waals surface area contributed by atoms with Gasteiger partial charge in [-0.1, -0.05) is 25.5 Å². The van der Waals surface area contributed by atoms with Crippen LogP contribution >= 0.6 is 25.3 Å². The van der Waals surface area contributed by atoms with E-state index in [0.29, 0.717) is 21.3 Å². The summed E-state index contributed by atoms with van der Waals surface area (Å²) < 4.78 is 0. The molecule has 3 unspecified atom stereocenters. The minimum atomic E-state index is 0.498. The molecular formula is C19H30S2. The lowest BCUT2D eigenvalue weighted by Gasteiger charge is -2.57. The normalized spacial score (nSPS) is 56.2. The van der Waals surface area contributed by atoms with E-state index in [1.54, 1.807) is 5.57 Å². The van der Waals surface area contributed by atoms with Crippen LogP contribution in [0, 0.1) is 28.6 Å². The van der Waals surface area contributed by atoms with Gasteiger partial charge in [0, 0.05) is 10.5 Å². The van der Waals surface area contributed by atoms with E-state index < -0.39 is 0 Å². The third-order valence-electron chi connectivity index (χ3n) is 8.03. The first-order valence-corrected chi connectivity index (χ1v) is 10.0. The molecule has 4 aliphatic carbocycles. The summed E-state index contributed by atoms with van der Waals surface area (Å²) >= 11 is 9.72. The van der Waals surface area contributed by atoms with Gasteiger partial charge >= 0.3 is 0 Å². The molecule has 0 spiro atoms. The highest BCUT2D eigenvalue weighted by Gasteiger charge is 2.57. The molecule has 3 saturated carbocycles. The largest absolute Gasteiger partial charge is 0.176 e. The molecule has 4 aliphatic rings. The zero-order chi connectivity index (χ0) is 14.8. The van der Waals surface area contributed by atoms with Gasteiger partial charge in [-0.15, -0.1) is 0 Å². The lowest BCUT2D eigenvalue weighted by Crippen LogP contribution is -2.50. The minimum absolute atomic E-state index is 0.498. The first-order valence-electron chi connectivity index (χ1n) is 9.01. The summed E-state index contributed by atoms with van der Waals surface area (Å²) in [6.45, 7) is 5.13. The Morgan fingerprint density at radius 3 is 2.62 bits per heavy atom. The van der Waals surface area contributed by atoms with Crippen LogP contribution < -0.4 is 0 Å². The quantitative estimate of drug-likeness (QED) is 0.424. The van der Waals surface area contributed by atoms with Crippen molar-refractivity contribution in [3.05, 3.63) is 11.6 Å². The van der Waals surface area contributed by atoms with Crippen LogP contribution in [0.15, 0.2) is 11.6 Å². The van der Waals surface area contributed by atoms with Gasteiger partial charge in [0.1, 0.15) is 0 Å². The van der Waals surface area contributed by atoms with Crippen molar-refractivity contribution in [3.8, 4) is 0 Å². The number of hydrogen-bond donors (Lipinski definition) is 2. The van der Waals surface area contributed by atoms with Crippen LogP contribution in [0.25, 0.3) is 0 Å². The second-order valence-electron chi connectivity index (χ2n) is 8.79. The molecule has 0 radical (unpaired) electrons. The van der Waals surface area contributed by atoms with Crippen molar-refractivity contribution in [1.82, 2.24) is 0 Å². The predicted molar refractivity (Wildman–Crippen MR) is 97.3 cm³/mol. The first-order chi connectivity index (χ1) is 9.95. The fraction of sp³-hybridized carbons (Fsp3) is 0.895. The Morgan fingerprint density at radius 1 is 1.00 bits per heavy atom. The van der Waals surface area contributed by atoms with Crippen molar-refractivity contribution in [2.75, 3.05) is 0 Å². The molecule has 0 aromatic carbocycles. The summed E-state index contributed by atoms with van der Waals surface area (Å²) in [6, 6.07) is 0. The highest BCUT2D eigenvalue weighted by Crippen LogP contribution is 2.65. The highest BCUT2D eigenvalue weighted by molar-refractivity contribution is 7.81. The van der Waals surface area contributed by atoms with E-state index in [1.165, 1.54) is 51.4 Å². The van der Waals surface area contributed by atoms with Crippen LogP contribution in [0.4, 0.5) is 0 Å². The van der Waals surface area contributed by atoms with Crippen molar-refractivity contribution in [2.24, 2.45) is 28.6 Å². The van der Waals surface area contributed by atoms with Gasteiger partial charge in [0.2, 0.25) is 0 Å². The third-order valence-corrected chi connectivity index (χ3v) is 9.32. The Bertz CT molecular complexity index is 470. The molecule has 7 atom stereocenters. The zero-order valence-corrected chi connectivity index (χ0v) is 15.3. The summed E-state index contributed by atoms with van der Waals surface area (Å²) in [4.78, 5) is 0. The number of hydrogen-bond acceptors (Lipinski definition) is 2. The molecule has 0 aromatic rings. The summed E-state index contributed by atoms with van der Waals surface area (Å²) in [6.07, 6.45) is 13.6. The molecule has 4 rings (SSSR count). The molecule has 0 aromatic heterocycles. The Balaban J connectivity index is 1.68. The second kappa shape index (κ2) is 4.97. The fourth-order valence-electron chi connectivity index (χ4n) is 6.61. The molecule has 0 nitrogen and oxygen atoms in total. The Labute approximate surface area is 141 Å². The standard InChI is InChI=1S/C19H30S2/c1-18-9-7-13(20)11-12(18)3-4-14-15-5-6-17(21)19(15,2)10-8-16(14)18/h3,13-17,20-21H,4-11H2,1-2H3/t13-,14?,15?,16?,17-,18-,19-/m0/s1. The van der Waals surface area contributed by atoms with Crippen LogP contribution in [0.5, 0.6) is 0 Å². The van der Waals surface area contributed by atoms with E-state index in [9.17, 15) is 0 Å². The van der Waals surface area contributed by atoms with Gasteiger partial charge in [0.15, 0.2) is 0 Å². The smallest absolute Gasteiger partial charge is 0.00735 e. The van der Waals surface area contributed by atoms with Crippen molar-refractivity contribution in [2.45, 2.75) is 75.7 Å². The van der Waals surface area contributed by atoms with Gasteiger partial charge in [0.25, 0.3) is 0 Å².